The molecule has 1 fully saturated rings. The van der Waals surface area contributed by atoms with Crippen LogP contribution in [0.1, 0.15) is 11.1 Å². The maximum Gasteiger partial charge on any atom is 0.414 e. The molecular formula is C19H22ClN3O4. The number of hydrogen-bond donors (Lipinski definition) is 2. The molecule has 144 valence electrons. The Labute approximate surface area is 162 Å². The molecule has 1 aliphatic rings. The minimum Gasteiger partial charge on any atom is -0.473 e. The van der Waals surface area contributed by atoms with Gasteiger partial charge in [-0.1, -0.05) is 29.8 Å². The Morgan fingerprint density at radius 2 is 1.41 bits per heavy atom. The number of aliphatic carboxylic acids is 2. The fraction of sp³-hybridized carbons (Fsp3) is 0.316. The highest BCUT2D eigenvalue weighted by atomic mass is 35.5. The number of aromatic nitrogens is 1. The molecule has 7 nitrogen and oxygen atoms in total. The SMILES string of the molecule is Clc1ccc(CN2CCN(Cc3cccnc3)CC2)cc1.O=C(O)C(=O)O. The van der Waals surface area contributed by atoms with E-state index < -0.39 is 11.9 Å². The third kappa shape index (κ3) is 7.74. The summed E-state index contributed by atoms with van der Waals surface area (Å²) in [5, 5.41) is 15.6. The quantitative estimate of drug-likeness (QED) is 0.771. The van der Waals surface area contributed by atoms with Gasteiger partial charge in [-0.15, -0.1) is 0 Å². The van der Waals surface area contributed by atoms with E-state index in [1.807, 2.05) is 30.6 Å². The Morgan fingerprint density at radius 1 is 0.889 bits per heavy atom. The third-order valence-electron chi connectivity index (χ3n) is 4.10. The average Bonchev–Trinajstić information content (AvgIpc) is 2.66. The molecule has 0 atom stereocenters. The lowest BCUT2D eigenvalue weighted by Gasteiger charge is -2.34. The van der Waals surface area contributed by atoms with Crippen molar-refractivity contribution in [2.45, 2.75) is 13.1 Å². The molecule has 0 amide bonds. The summed E-state index contributed by atoms with van der Waals surface area (Å²) < 4.78 is 0. The molecule has 2 aromatic rings. The monoisotopic (exact) mass is 391 g/mol. The van der Waals surface area contributed by atoms with Crippen LogP contribution in [0.3, 0.4) is 0 Å². The van der Waals surface area contributed by atoms with Gasteiger partial charge >= 0.3 is 11.9 Å². The Morgan fingerprint density at radius 3 is 1.85 bits per heavy atom. The van der Waals surface area contributed by atoms with Gasteiger partial charge in [0, 0.05) is 56.7 Å². The first-order valence-corrected chi connectivity index (χ1v) is 8.86. The zero-order valence-corrected chi connectivity index (χ0v) is 15.5. The van der Waals surface area contributed by atoms with E-state index in [2.05, 4.69) is 33.0 Å². The first-order valence-electron chi connectivity index (χ1n) is 8.48. The van der Waals surface area contributed by atoms with Gasteiger partial charge in [0.15, 0.2) is 0 Å². The normalized spacial score (nSPS) is 14.9. The molecule has 8 heteroatoms. The Hall–Kier alpha value is -2.48. The third-order valence-corrected chi connectivity index (χ3v) is 4.35. The van der Waals surface area contributed by atoms with Crippen molar-refractivity contribution in [3.8, 4) is 0 Å². The highest BCUT2D eigenvalue weighted by Gasteiger charge is 2.17. The number of carbonyl (C=O) groups is 2. The Kier molecular flexibility index (Phi) is 8.19. The maximum atomic E-state index is 9.10. The molecular weight excluding hydrogens is 370 g/mol. The Balaban J connectivity index is 0.000000380. The number of carboxylic acid groups (broad SMARTS) is 2. The van der Waals surface area contributed by atoms with Gasteiger partial charge in [-0.25, -0.2) is 9.59 Å². The molecule has 0 saturated carbocycles. The molecule has 1 aromatic carbocycles. The smallest absolute Gasteiger partial charge is 0.414 e. The number of piperazine rings is 1. The lowest BCUT2D eigenvalue weighted by atomic mass is 10.2. The molecule has 3 rings (SSSR count). The first-order chi connectivity index (χ1) is 12.9. The van der Waals surface area contributed by atoms with Crippen LogP contribution in [0.4, 0.5) is 0 Å². The molecule has 1 aliphatic heterocycles. The summed E-state index contributed by atoms with van der Waals surface area (Å²) in [6.07, 6.45) is 3.79. The molecule has 0 unspecified atom stereocenters. The van der Waals surface area contributed by atoms with Crippen LogP contribution in [0.25, 0.3) is 0 Å². The van der Waals surface area contributed by atoms with Gasteiger partial charge in [0.2, 0.25) is 0 Å². The molecule has 27 heavy (non-hydrogen) atoms. The highest BCUT2D eigenvalue weighted by Crippen LogP contribution is 2.13. The number of carboxylic acids is 2. The molecule has 2 N–H and O–H groups in total. The average molecular weight is 392 g/mol. The van der Waals surface area contributed by atoms with Crippen molar-refractivity contribution in [2.24, 2.45) is 0 Å². The van der Waals surface area contributed by atoms with Crippen molar-refractivity contribution in [2.75, 3.05) is 26.2 Å². The lowest BCUT2D eigenvalue weighted by molar-refractivity contribution is -0.159. The predicted molar refractivity (Wildman–Crippen MR) is 102 cm³/mol. The van der Waals surface area contributed by atoms with E-state index in [-0.39, 0.29) is 0 Å². The number of rotatable bonds is 4. The summed E-state index contributed by atoms with van der Waals surface area (Å²) >= 11 is 5.93. The van der Waals surface area contributed by atoms with E-state index in [4.69, 9.17) is 31.4 Å². The van der Waals surface area contributed by atoms with Crippen LogP contribution in [0, 0.1) is 0 Å². The fourth-order valence-corrected chi connectivity index (χ4v) is 2.83. The van der Waals surface area contributed by atoms with Gasteiger partial charge in [-0.05, 0) is 29.3 Å². The van der Waals surface area contributed by atoms with Crippen molar-refractivity contribution >= 4 is 23.5 Å². The van der Waals surface area contributed by atoms with Crippen molar-refractivity contribution < 1.29 is 19.8 Å². The summed E-state index contributed by atoms with van der Waals surface area (Å²) in [6, 6.07) is 12.3. The van der Waals surface area contributed by atoms with E-state index >= 15 is 0 Å². The summed E-state index contributed by atoms with van der Waals surface area (Å²) in [7, 11) is 0. The van der Waals surface area contributed by atoms with Crippen LogP contribution in [-0.2, 0) is 22.7 Å². The van der Waals surface area contributed by atoms with E-state index in [1.54, 1.807) is 0 Å². The van der Waals surface area contributed by atoms with Crippen LogP contribution < -0.4 is 0 Å². The standard InChI is InChI=1S/C17H20ClN3.C2H2O4/c18-17-5-3-15(4-6-17)13-20-8-10-21(11-9-20)14-16-2-1-7-19-12-16;3-1(4)2(5)6/h1-7,12H,8-11,13-14H2;(H,3,4)(H,5,6). The molecule has 1 saturated heterocycles. The van der Waals surface area contributed by atoms with E-state index in [1.165, 1.54) is 11.1 Å². The fourth-order valence-electron chi connectivity index (χ4n) is 2.70. The predicted octanol–water partition coefficient (Wildman–Crippen LogP) is 2.21. The van der Waals surface area contributed by atoms with Crippen LogP contribution in [0.5, 0.6) is 0 Å². The summed E-state index contributed by atoms with van der Waals surface area (Å²) in [5.41, 5.74) is 2.63. The number of benzene rings is 1. The van der Waals surface area contributed by atoms with Crippen LogP contribution in [-0.4, -0.2) is 63.1 Å². The van der Waals surface area contributed by atoms with Gasteiger partial charge < -0.3 is 10.2 Å². The van der Waals surface area contributed by atoms with Crippen LogP contribution in [0.15, 0.2) is 48.8 Å². The zero-order chi connectivity index (χ0) is 19.6. The van der Waals surface area contributed by atoms with Crippen LogP contribution >= 0.6 is 11.6 Å². The maximum absolute atomic E-state index is 9.10. The number of hydrogen-bond acceptors (Lipinski definition) is 5. The minimum atomic E-state index is -1.82. The van der Waals surface area contributed by atoms with Gasteiger partial charge in [0.05, 0.1) is 0 Å². The van der Waals surface area contributed by atoms with Gasteiger partial charge in [0.1, 0.15) is 0 Å². The summed E-state index contributed by atoms with van der Waals surface area (Å²) in [5.74, 6) is -3.65. The Bertz CT molecular complexity index is 720. The largest absolute Gasteiger partial charge is 0.473 e. The van der Waals surface area contributed by atoms with E-state index in [9.17, 15) is 0 Å². The summed E-state index contributed by atoms with van der Waals surface area (Å²) in [6.45, 7) is 6.47. The van der Waals surface area contributed by atoms with Crippen molar-refractivity contribution in [1.29, 1.82) is 0 Å². The van der Waals surface area contributed by atoms with Crippen LogP contribution in [0.2, 0.25) is 5.02 Å². The lowest BCUT2D eigenvalue weighted by Crippen LogP contribution is -2.45. The number of nitrogens with zero attached hydrogens (tertiary/aromatic N) is 3. The molecule has 1 aromatic heterocycles. The second-order valence-electron chi connectivity index (χ2n) is 6.15. The molecule has 2 heterocycles. The van der Waals surface area contributed by atoms with Gasteiger partial charge in [0.25, 0.3) is 0 Å². The topological polar surface area (TPSA) is 94.0 Å². The van der Waals surface area contributed by atoms with Crippen molar-refractivity contribution in [1.82, 2.24) is 14.8 Å². The van der Waals surface area contributed by atoms with E-state index in [0.29, 0.717) is 0 Å². The molecule has 0 bridgehead atoms. The zero-order valence-electron chi connectivity index (χ0n) is 14.8. The number of halogens is 1. The van der Waals surface area contributed by atoms with Crippen molar-refractivity contribution in [3.05, 3.63) is 64.9 Å². The molecule has 0 radical (unpaired) electrons. The van der Waals surface area contributed by atoms with Gasteiger partial charge in [-0.3, -0.25) is 14.8 Å². The van der Waals surface area contributed by atoms with Crippen molar-refractivity contribution in [3.63, 3.8) is 0 Å². The summed E-state index contributed by atoms with van der Waals surface area (Å²) in [4.78, 5) is 27.4. The molecule has 0 aliphatic carbocycles. The number of pyridine rings is 1. The second kappa shape index (κ2) is 10.6. The second-order valence-corrected chi connectivity index (χ2v) is 6.59. The van der Waals surface area contributed by atoms with E-state index in [0.717, 1.165) is 44.3 Å². The highest BCUT2D eigenvalue weighted by molar-refractivity contribution is 6.30. The first kappa shape index (κ1) is 20.8. The molecule has 0 spiro atoms. The van der Waals surface area contributed by atoms with Gasteiger partial charge in [-0.2, -0.15) is 0 Å². The minimum absolute atomic E-state index is 0.806.